The van der Waals surface area contributed by atoms with Crippen molar-refractivity contribution in [1.29, 1.82) is 0 Å². The number of esters is 1. The molecule has 5 nitrogen and oxygen atoms in total. The predicted molar refractivity (Wildman–Crippen MR) is 72.4 cm³/mol. The van der Waals surface area contributed by atoms with Crippen LogP contribution in [-0.4, -0.2) is 25.0 Å². The summed E-state index contributed by atoms with van der Waals surface area (Å²) < 4.78 is 4.68. The highest BCUT2D eigenvalue weighted by molar-refractivity contribution is 5.96. The first-order valence-corrected chi connectivity index (χ1v) is 6.17. The minimum atomic E-state index is -0.654. The number of amides is 1. The lowest BCUT2D eigenvalue weighted by molar-refractivity contribution is -0.144. The summed E-state index contributed by atoms with van der Waals surface area (Å²) >= 11 is 0. The van der Waals surface area contributed by atoms with Gasteiger partial charge in [0.2, 0.25) is 0 Å². The van der Waals surface area contributed by atoms with Crippen molar-refractivity contribution in [3.63, 3.8) is 0 Å². The topological polar surface area (TPSA) is 81.4 Å². The summed E-state index contributed by atoms with van der Waals surface area (Å²) in [5, 5.41) is 2.68. The van der Waals surface area contributed by atoms with Gasteiger partial charge in [-0.25, -0.2) is 4.79 Å². The quantitative estimate of drug-likeness (QED) is 0.779. The van der Waals surface area contributed by atoms with Crippen LogP contribution in [0.5, 0.6) is 0 Å². The van der Waals surface area contributed by atoms with Crippen LogP contribution >= 0.6 is 0 Å². The molecular formula is C14H20N2O3. The van der Waals surface area contributed by atoms with E-state index >= 15 is 0 Å². The van der Waals surface area contributed by atoms with Gasteiger partial charge in [0, 0.05) is 12.1 Å². The molecule has 0 aliphatic rings. The number of nitrogens with two attached hydrogens (primary N) is 1. The second-order valence-corrected chi connectivity index (χ2v) is 4.62. The summed E-state index contributed by atoms with van der Waals surface area (Å²) in [5.74, 6) is -0.799. The molecule has 1 aromatic carbocycles. The largest absolute Gasteiger partial charge is 0.467 e. The fraction of sp³-hybridized carbons (Fsp3) is 0.429. The van der Waals surface area contributed by atoms with E-state index in [4.69, 9.17) is 5.73 Å². The molecule has 0 fully saturated rings. The highest BCUT2D eigenvalue weighted by Gasteiger charge is 2.25. The van der Waals surface area contributed by atoms with Crippen molar-refractivity contribution in [2.45, 2.75) is 26.4 Å². The molecule has 0 heterocycles. The van der Waals surface area contributed by atoms with E-state index in [-0.39, 0.29) is 11.8 Å². The molecule has 5 heteroatoms. The van der Waals surface area contributed by atoms with Crippen LogP contribution in [0.2, 0.25) is 0 Å². The van der Waals surface area contributed by atoms with Crippen LogP contribution in [-0.2, 0) is 16.1 Å². The Morgan fingerprint density at radius 3 is 2.58 bits per heavy atom. The van der Waals surface area contributed by atoms with Crippen molar-refractivity contribution in [3.05, 3.63) is 35.4 Å². The van der Waals surface area contributed by atoms with Gasteiger partial charge in [-0.15, -0.1) is 0 Å². The molecule has 104 valence electrons. The number of ether oxygens (including phenoxy) is 1. The predicted octanol–water partition coefficient (Wildman–Crippen LogP) is 1.07. The van der Waals surface area contributed by atoms with E-state index in [2.05, 4.69) is 10.1 Å². The van der Waals surface area contributed by atoms with Gasteiger partial charge in [-0.1, -0.05) is 26.0 Å². The van der Waals surface area contributed by atoms with Crippen molar-refractivity contribution in [2.75, 3.05) is 7.11 Å². The maximum Gasteiger partial charge on any atom is 0.328 e. The molecule has 1 atom stereocenters. The van der Waals surface area contributed by atoms with Crippen molar-refractivity contribution < 1.29 is 14.3 Å². The van der Waals surface area contributed by atoms with Gasteiger partial charge in [0.25, 0.3) is 5.91 Å². The first kappa shape index (κ1) is 15.2. The van der Waals surface area contributed by atoms with E-state index < -0.39 is 12.0 Å². The summed E-state index contributed by atoms with van der Waals surface area (Å²) in [7, 11) is 1.30. The zero-order valence-corrected chi connectivity index (χ0v) is 11.5. The molecule has 1 rings (SSSR count). The molecule has 0 aliphatic carbocycles. The Morgan fingerprint density at radius 2 is 2.05 bits per heavy atom. The van der Waals surface area contributed by atoms with Crippen LogP contribution in [0.3, 0.4) is 0 Å². The van der Waals surface area contributed by atoms with Gasteiger partial charge >= 0.3 is 5.97 Å². The molecule has 0 saturated carbocycles. The Labute approximate surface area is 113 Å². The van der Waals surface area contributed by atoms with E-state index in [0.717, 1.165) is 5.56 Å². The highest BCUT2D eigenvalue weighted by atomic mass is 16.5. The molecular weight excluding hydrogens is 244 g/mol. The van der Waals surface area contributed by atoms with Crippen LogP contribution in [0, 0.1) is 5.92 Å². The number of carbonyl (C=O) groups is 2. The van der Waals surface area contributed by atoms with E-state index in [9.17, 15) is 9.59 Å². The zero-order chi connectivity index (χ0) is 14.4. The molecule has 0 radical (unpaired) electrons. The monoisotopic (exact) mass is 264 g/mol. The minimum absolute atomic E-state index is 0.0471. The van der Waals surface area contributed by atoms with Crippen molar-refractivity contribution in [3.8, 4) is 0 Å². The third-order valence-electron chi connectivity index (χ3n) is 2.83. The third-order valence-corrected chi connectivity index (χ3v) is 2.83. The smallest absolute Gasteiger partial charge is 0.328 e. The lowest BCUT2D eigenvalue weighted by atomic mass is 10.0. The average Bonchev–Trinajstić information content (AvgIpc) is 2.43. The molecule has 0 aliphatic heterocycles. The van der Waals surface area contributed by atoms with Crippen molar-refractivity contribution >= 4 is 11.9 Å². The van der Waals surface area contributed by atoms with Gasteiger partial charge in [0.05, 0.1) is 7.11 Å². The molecule has 0 bridgehead atoms. The Bertz CT molecular complexity index is 458. The number of hydrogen-bond acceptors (Lipinski definition) is 4. The lowest BCUT2D eigenvalue weighted by Crippen LogP contribution is -2.45. The standard InChI is InChI=1S/C14H20N2O3/c1-9(2)12(14(18)19-3)16-13(17)11-6-4-5-10(7-11)8-15/h4-7,9,12H,8,15H2,1-3H3,(H,16,17). The first-order valence-electron chi connectivity index (χ1n) is 6.17. The maximum absolute atomic E-state index is 12.1. The second-order valence-electron chi connectivity index (χ2n) is 4.62. The van der Waals surface area contributed by atoms with Crippen LogP contribution in [0.15, 0.2) is 24.3 Å². The highest BCUT2D eigenvalue weighted by Crippen LogP contribution is 2.08. The van der Waals surface area contributed by atoms with Gasteiger partial charge in [-0.3, -0.25) is 4.79 Å². The molecule has 3 N–H and O–H groups in total. The molecule has 19 heavy (non-hydrogen) atoms. The summed E-state index contributed by atoms with van der Waals surface area (Å²) in [5.41, 5.74) is 6.88. The fourth-order valence-electron chi connectivity index (χ4n) is 1.69. The maximum atomic E-state index is 12.1. The minimum Gasteiger partial charge on any atom is -0.467 e. The number of rotatable bonds is 5. The van der Waals surface area contributed by atoms with Crippen LogP contribution < -0.4 is 11.1 Å². The SMILES string of the molecule is COC(=O)C(NC(=O)c1cccc(CN)c1)C(C)C. The number of methoxy groups -OCH3 is 1. The molecule has 0 aromatic heterocycles. The average molecular weight is 264 g/mol. The Hall–Kier alpha value is -1.88. The number of hydrogen-bond donors (Lipinski definition) is 2. The number of benzene rings is 1. The van der Waals surface area contributed by atoms with Crippen molar-refractivity contribution in [1.82, 2.24) is 5.32 Å². The Kier molecular flexibility index (Phi) is 5.51. The molecule has 1 aromatic rings. The zero-order valence-electron chi connectivity index (χ0n) is 11.5. The molecule has 1 amide bonds. The second kappa shape index (κ2) is 6.89. The lowest BCUT2D eigenvalue weighted by Gasteiger charge is -2.19. The number of nitrogens with one attached hydrogen (secondary N) is 1. The fourth-order valence-corrected chi connectivity index (χ4v) is 1.69. The number of carbonyl (C=O) groups excluding carboxylic acids is 2. The molecule has 1 unspecified atom stereocenters. The van der Waals surface area contributed by atoms with E-state index in [1.165, 1.54) is 7.11 Å². The molecule has 0 spiro atoms. The van der Waals surface area contributed by atoms with Crippen LogP contribution in [0.1, 0.15) is 29.8 Å². The van der Waals surface area contributed by atoms with Gasteiger partial charge in [-0.05, 0) is 23.6 Å². The van der Waals surface area contributed by atoms with Gasteiger partial charge in [0.1, 0.15) is 6.04 Å². The Morgan fingerprint density at radius 1 is 1.37 bits per heavy atom. The van der Waals surface area contributed by atoms with Gasteiger partial charge < -0.3 is 15.8 Å². The normalized spacial score (nSPS) is 12.1. The third kappa shape index (κ3) is 4.06. The molecule has 0 saturated heterocycles. The Balaban J connectivity index is 2.84. The van der Waals surface area contributed by atoms with Gasteiger partial charge in [-0.2, -0.15) is 0 Å². The van der Waals surface area contributed by atoms with E-state index in [1.807, 2.05) is 19.9 Å². The van der Waals surface area contributed by atoms with Crippen LogP contribution in [0.4, 0.5) is 0 Å². The summed E-state index contributed by atoms with van der Waals surface area (Å²) in [6.45, 7) is 4.06. The van der Waals surface area contributed by atoms with E-state index in [1.54, 1.807) is 18.2 Å². The summed E-state index contributed by atoms with van der Waals surface area (Å²) in [6, 6.07) is 6.35. The summed E-state index contributed by atoms with van der Waals surface area (Å²) in [6.07, 6.45) is 0. The van der Waals surface area contributed by atoms with Crippen molar-refractivity contribution in [2.24, 2.45) is 11.7 Å². The van der Waals surface area contributed by atoms with Gasteiger partial charge in [0.15, 0.2) is 0 Å². The van der Waals surface area contributed by atoms with E-state index in [0.29, 0.717) is 12.1 Å². The summed E-state index contributed by atoms with van der Waals surface area (Å²) in [4.78, 5) is 23.7. The first-order chi connectivity index (χ1) is 8.99. The van der Waals surface area contributed by atoms with Crippen LogP contribution in [0.25, 0.3) is 0 Å².